The minimum absolute atomic E-state index is 0.0396. The third-order valence-corrected chi connectivity index (χ3v) is 5.17. The van der Waals surface area contributed by atoms with Crippen LogP contribution in [0.25, 0.3) is 0 Å². The fourth-order valence-corrected chi connectivity index (χ4v) is 3.21. The largest absolute Gasteiger partial charge is 0.504 e. The van der Waals surface area contributed by atoms with Gasteiger partial charge in [-0.2, -0.15) is 0 Å². The normalized spacial score (nSPS) is 18.9. The molecule has 2 rings (SSSR count). The highest BCUT2D eigenvalue weighted by molar-refractivity contribution is 6.31. The Labute approximate surface area is 200 Å². The summed E-state index contributed by atoms with van der Waals surface area (Å²) >= 11 is 5.54. The molecule has 0 spiro atoms. The number of benzene rings is 1. The maximum absolute atomic E-state index is 14.1. The molecule has 186 valence electrons. The Balaban J connectivity index is 2.32. The van der Waals surface area contributed by atoms with Crippen molar-refractivity contribution in [3.8, 4) is 0 Å². The Morgan fingerprint density at radius 1 is 1.32 bits per heavy atom. The highest BCUT2D eigenvalue weighted by Crippen LogP contribution is 2.22. The van der Waals surface area contributed by atoms with Crippen LogP contribution in [0.4, 0.5) is 8.78 Å². The molecule has 0 saturated heterocycles. The van der Waals surface area contributed by atoms with E-state index in [0.717, 1.165) is 18.3 Å². The van der Waals surface area contributed by atoms with Crippen molar-refractivity contribution >= 4 is 29.2 Å². The number of amides is 2. The number of hydrogen-bond donors (Lipinski definition) is 4. The van der Waals surface area contributed by atoms with Crippen LogP contribution in [0.3, 0.4) is 0 Å². The lowest BCUT2D eigenvalue weighted by Gasteiger charge is -2.25. The molecule has 1 heterocycles. The molecule has 34 heavy (non-hydrogen) atoms. The van der Waals surface area contributed by atoms with Gasteiger partial charge in [0.15, 0.2) is 5.76 Å². The fourth-order valence-electron chi connectivity index (χ4n) is 3.02. The highest BCUT2D eigenvalue weighted by atomic mass is 35.5. The van der Waals surface area contributed by atoms with E-state index in [4.69, 9.17) is 16.3 Å². The first-order chi connectivity index (χ1) is 16.2. The van der Waals surface area contributed by atoms with Gasteiger partial charge in [-0.15, -0.1) is 0 Å². The Kier molecular flexibility index (Phi) is 10.4. The summed E-state index contributed by atoms with van der Waals surface area (Å²) in [4.78, 5) is 39.8. The van der Waals surface area contributed by atoms with Crippen molar-refractivity contribution in [3.05, 3.63) is 57.5 Å². The summed E-state index contributed by atoms with van der Waals surface area (Å²) in [5, 5.41) is 24.1. The van der Waals surface area contributed by atoms with Crippen LogP contribution in [0.5, 0.6) is 0 Å². The van der Waals surface area contributed by atoms with Crippen molar-refractivity contribution in [3.63, 3.8) is 0 Å². The van der Waals surface area contributed by atoms with Crippen LogP contribution in [0.1, 0.15) is 18.9 Å². The molecule has 0 aliphatic carbocycles. The van der Waals surface area contributed by atoms with Crippen LogP contribution in [-0.2, 0) is 25.7 Å². The van der Waals surface area contributed by atoms with Crippen LogP contribution >= 0.6 is 11.6 Å². The zero-order chi connectivity index (χ0) is 25.3. The Morgan fingerprint density at radius 2 is 2.06 bits per heavy atom. The number of carbonyl (C=O) groups excluding carboxylic acids is 3. The van der Waals surface area contributed by atoms with Crippen LogP contribution < -0.4 is 10.6 Å². The molecule has 0 unspecified atom stereocenters. The Hall–Kier alpha value is -3.02. The number of aliphatic hydroxyl groups excluding tert-OH is 2. The summed E-state index contributed by atoms with van der Waals surface area (Å²) in [6.07, 6.45) is 1.69. The standard InChI is InChI=1S/C22H26ClF2N3O6/c1-2-9-34-12-15-20(31)19(30)14(11-26-5-6-28(7-8-29)22(15)33)21(32)27-10-13-3-4-16(24)17(23)18(13)25/h3-4,11,26,29,31H,2,5-10,12H2,1H3,(H,27,32)/b14-11+,20-15-. The second-order valence-electron chi connectivity index (χ2n) is 7.25. The van der Waals surface area contributed by atoms with Gasteiger partial charge in [0.05, 0.1) is 18.8 Å². The monoisotopic (exact) mass is 501 g/mol. The molecule has 1 aliphatic heterocycles. The summed E-state index contributed by atoms with van der Waals surface area (Å²) in [6, 6.07) is 2.02. The topological polar surface area (TPSA) is 128 Å². The van der Waals surface area contributed by atoms with E-state index in [1.54, 1.807) is 0 Å². The molecule has 0 radical (unpaired) electrons. The lowest BCUT2D eigenvalue weighted by Crippen LogP contribution is -2.42. The maximum Gasteiger partial charge on any atom is 0.257 e. The number of allylic oxidation sites excluding steroid dienone is 1. The Morgan fingerprint density at radius 3 is 2.74 bits per heavy atom. The van der Waals surface area contributed by atoms with E-state index >= 15 is 0 Å². The molecule has 1 aromatic rings. The number of nitrogens with zero attached hydrogens (tertiary/aromatic N) is 1. The van der Waals surface area contributed by atoms with Gasteiger partial charge in [-0.3, -0.25) is 14.4 Å². The third-order valence-electron chi connectivity index (χ3n) is 4.83. The first-order valence-corrected chi connectivity index (χ1v) is 10.9. The van der Waals surface area contributed by atoms with Crippen LogP contribution in [0.2, 0.25) is 5.02 Å². The van der Waals surface area contributed by atoms with E-state index in [2.05, 4.69) is 10.6 Å². The lowest BCUT2D eigenvalue weighted by molar-refractivity contribution is -0.129. The van der Waals surface area contributed by atoms with Crippen molar-refractivity contribution in [2.24, 2.45) is 0 Å². The molecular formula is C22H26ClF2N3O6. The fraction of sp³-hybridized carbons (Fsp3) is 0.409. The number of rotatable bonds is 9. The van der Waals surface area contributed by atoms with Crippen LogP contribution in [0.15, 0.2) is 35.2 Å². The molecule has 12 heteroatoms. The van der Waals surface area contributed by atoms with Crippen molar-refractivity contribution < 1.29 is 38.1 Å². The van der Waals surface area contributed by atoms with Crippen LogP contribution in [-0.4, -0.2) is 72.2 Å². The molecule has 1 aromatic carbocycles. The predicted octanol–water partition coefficient (Wildman–Crippen LogP) is 1.35. The van der Waals surface area contributed by atoms with E-state index in [-0.39, 0.29) is 50.6 Å². The molecule has 2 amide bonds. The zero-order valence-electron chi connectivity index (χ0n) is 18.5. The first-order valence-electron chi connectivity index (χ1n) is 10.5. The SMILES string of the molecule is CCCOC/C1=C(/O)C(=O)/C(C(=O)NCc2ccc(F)c(Cl)c2F)=C\NCCN(CCO)C1=O. The van der Waals surface area contributed by atoms with Gasteiger partial charge in [0.1, 0.15) is 22.2 Å². The van der Waals surface area contributed by atoms with Gasteiger partial charge >= 0.3 is 0 Å². The van der Waals surface area contributed by atoms with Gasteiger partial charge in [-0.1, -0.05) is 24.6 Å². The van der Waals surface area contributed by atoms with E-state index in [0.29, 0.717) is 6.42 Å². The summed E-state index contributed by atoms with van der Waals surface area (Å²) in [6.45, 7) is 1.14. The molecule has 4 N–H and O–H groups in total. The van der Waals surface area contributed by atoms with E-state index in [9.17, 15) is 33.4 Å². The van der Waals surface area contributed by atoms with Gasteiger partial charge < -0.3 is 30.5 Å². The summed E-state index contributed by atoms with van der Waals surface area (Å²) in [7, 11) is 0. The molecule has 0 bridgehead atoms. The number of β-amino-alcohol motifs (C(OH)–C–C–N with tert-alkyl or cyclic N) is 1. The van der Waals surface area contributed by atoms with E-state index in [1.807, 2.05) is 6.92 Å². The highest BCUT2D eigenvalue weighted by Gasteiger charge is 2.30. The number of ether oxygens (including phenoxy) is 1. The number of aliphatic hydroxyl groups is 2. The zero-order valence-corrected chi connectivity index (χ0v) is 19.3. The van der Waals surface area contributed by atoms with Gasteiger partial charge in [-0.25, -0.2) is 8.78 Å². The quantitative estimate of drug-likeness (QED) is 0.228. The summed E-state index contributed by atoms with van der Waals surface area (Å²) < 4.78 is 32.8. The van der Waals surface area contributed by atoms with Gasteiger partial charge in [0, 0.05) is 44.5 Å². The molecule has 1 aliphatic rings. The molecular weight excluding hydrogens is 476 g/mol. The molecule has 0 saturated carbocycles. The average Bonchev–Trinajstić information content (AvgIpc) is 2.82. The van der Waals surface area contributed by atoms with E-state index < -0.39 is 52.1 Å². The maximum atomic E-state index is 14.1. The third kappa shape index (κ3) is 6.75. The number of hydrogen-bond acceptors (Lipinski definition) is 7. The number of halogens is 3. The number of nitrogens with one attached hydrogen (secondary N) is 2. The van der Waals surface area contributed by atoms with Gasteiger partial charge in [0.2, 0.25) is 5.78 Å². The number of Topliss-reactive ketones (excluding diaryl/α,β-unsaturated/α-hetero) is 1. The number of carbonyl (C=O) groups is 3. The van der Waals surface area contributed by atoms with Crippen molar-refractivity contribution in [1.29, 1.82) is 0 Å². The molecule has 0 fully saturated rings. The van der Waals surface area contributed by atoms with Crippen molar-refractivity contribution in [1.82, 2.24) is 15.5 Å². The van der Waals surface area contributed by atoms with E-state index in [1.165, 1.54) is 4.90 Å². The van der Waals surface area contributed by atoms with Crippen LogP contribution in [0, 0.1) is 11.6 Å². The second-order valence-corrected chi connectivity index (χ2v) is 7.63. The minimum Gasteiger partial charge on any atom is -0.504 e. The minimum atomic E-state index is -1.16. The molecule has 9 nitrogen and oxygen atoms in total. The summed E-state index contributed by atoms with van der Waals surface area (Å²) in [5.41, 5.74) is -1.02. The predicted molar refractivity (Wildman–Crippen MR) is 119 cm³/mol. The molecule has 0 atom stereocenters. The van der Waals surface area contributed by atoms with Gasteiger partial charge in [-0.05, 0) is 12.5 Å². The lowest BCUT2D eigenvalue weighted by atomic mass is 10.0. The Bertz CT molecular complexity index is 999. The second kappa shape index (κ2) is 13.0. The van der Waals surface area contributed by atoms with Crippen molar-refractivity contribution in [2.45, 2.75) is 19.9 Å². The summed E-state index contributed by atoms with van der Waals surface area (Å²) in [5.74, 6) is -5.85. The average molecular weight is 502 g/mol. The van der Waals surface area contributed by atoms with Crippen molar-refractivity contribution in [2.75, 3.05) is 39.5 Å². The van der Waals surface area contributed by atoms with Gasteiger partial charge in [0.25, 0.3) is 11.8 Å². The molecule has 0 aromatic heterocycles. The number of ketones is 1. The first kappa shape index (κ1) is 27.2. The smallest absolute Gasteiger partial charge is 0.257 e.